The number of furan rings is 1. The number of carbonyl (C=O) groups excluding carboxylic acids is 3. The van der Waals surface area contributed by atoms with Crippen molar-refractivity contribution < 1.29 is 42.6 Å². The molecule has 0 bridgehead atoms. The lowest BCUT2D eigenvalue weighted by Crippen LogP contribution is -2.50. The normalized spacial score (nSPS) is 27.3. The van der Waals surface area contributed by atoms with Crippen LogP contribution in [0.4, 0.5) is 14.9 Å². The van der Waals surface area contributed by atoms with Gasteiger partial charge in [-0.3, -0.25) is 9.59 Å². The van der Waals surface area contributed by atoms with Gasteiger partial charge in [0.05, 0.1) is 12.1 Å². The summed E-state index contributed by atoms with van der Waals surface area (Å²) in [6.07, 6.45) is 6.24. The maximum Gasteiger partial charge on any atom is 0.407 e. The molecule has 5 rings (SSSR count). The molecular weight excluding hydrogens is 609 g/mol. The van der Waals surface area contributed by atoms with E-state index in [-0.39, 0.29) is 47.4 Å². The van der Waals surface area contributed by atoms with Crippen LogP contribution in [0.1, 0.15) is 89.1 Å². The molecule has 47 heavy (non-hydrogen) atoms. The number of nitrogens with one attached hydrogen (secondary N) is 2. The molecule has 2 aliphatic carbocycles. The van der Waals surface area contributed by atoms with Crippen LogP contribution in [0.25, 0.3) is 11.0 Å². The fourth-order valence-electron chi connectivity index (χ4n) is 7.83. The van der Waals surface area contributed by atoms with Crippen molar-refractivity contribution in [3.05, 3.63) is 30.0 Å². The van der Waals surface area contributed by atoms with Crippen molar-refractivity contribution >= 4 is 40.5 Å². The van der Waals surface area contributed by atoms with Gasteiger partial charge < -0.3 is 34.5 Å². The van der Waals surface area contributed by atoms with Crippen LogP contribution in [0, 0.1) is 23.7 Å². The first-order valence-electron chi connectivity index (χ1n) is 16.8. The van der Waals surface area contributed by atoms with E-state index in [0.717, 1.165) is 32.1 Å². The second-order valence-electron chi connectivity index (χ2n) is 14.4. The summed E-state index contributed by atoms with van der Waals surface area (Å²) in [5.41, 5.74) is 0.208. The molecule has 3 amide bonds. The van der Waals surface area contributed by atoms with Crippen LogP contribution in [0.15, 0.2) is 28.7 Å². The average molecular weight is 658 g/mol. The van der Waals surface area contributed by atoms with Crippen molar-refractivity contribution in [1.29, 1.82) is 0 Å². The molecule has 1 unspecified atom stereocenters. The quantitative estimate of drug-likeness (QED) is 0.291. The summed E-state index contributed by atoms with van der Waals surface area (Å²) in [5.74, 6) is -1.79. The SMILES string of the molecule is COC1CCC([C@@H]2CCN(C(=O)C3CCC(C(CF)NC(=O)OC(C)(C)C)CC3)[C@@H]2C(=O)Nc2ccc3oc(C(=O)O)cc3c2)CC1. The number of ether oxygens (including phenoxy) is 2. The summed E-state index contributed by atoms with van der Waals surface area (Å²) in [5, 5.41) is 15.5. The molecule has 1 aromatic heterocycles. The molecule has 3 aliphatic rings. The van der Waals surface area contributed by atoms with Crippen molar-refractivity contribution in [3.63, 3.8) is 0 Å². The summed E-state index contributed by atoms with van der Waals surface area (Å²) in [4.78, 5) is 53.6. The Morgan fingerprint density at radius 1 is 1.02 bits per heavy atom. The first-order chi connectivity index (χ1) is 22.4. The van der Waals surface area contributed by atoms with Gasteiger partial charge in [0.2, 0.25) is 17.6 Å². The number of hydrogen-bond donors (Lipinski definition) is 3. The van der Waals surface area contributed by atoms with E-state index in [2.05, 4.69) is 10.6 Å². The highest BCUT2D eigenvalue weighted by Crippen LogP contribution is 2.42. The van der Waals surface area contributed by atoms with E-state index in [1.165, 1.54) is 6.07 Å². The fourth-order valence-corrected chi connectivity index (χ4v) is 7.83. The Hall–Kier alpha value is -3.67. The molecule has 258 valence electrons. The van der Waals surface area contributed by atoms with Gasteiger partial charge in [-0.1, -0.05) is 0 Å². The third-order valence-electron chi connectivity index (χ3n) is 10.2. The van der Waals surface area contributed by atoms with Crippen molar-refractivity contribution in [2.75, 3.05) is 25.6 Å². The van der Waals surface area contributed by atoms with Crippen molar-refractivity contribution in [2.45, 2.75) is 102 Å². The Kier molecular flexibility index (Phi) is 10.8. The third kappa shape index (κ3) is 8.25. The van der Waals surface area contributed by atoms with Crippen molar-refractivity contribution in [3.8, 4) is 0 Å². The molecule has 3 fully saturated rings. The van der Waals surface area contributed by atoms with Gasteiger partial charge in [-0.2, -0.15) is 0 Å². The number of anilines is 1. The highest BCUT2D eigenvalue weighted by atomic mass is 19.1. The van der Waals surface area contributed by atoms with Gasteiger partial charge in [-0.15, -0.1) is 0 Å². The fraction of sp³-hybridized carbons (Fsp3) is 0.657. The van der Waals surface area contributed by atoms with E-state index < -0.39 is 36.4 Å². The number of likely N-dealkylation sites (tertiary alicyclic amines) is 1. The molecule has 1 saturated heterocycles. The van der Waals surface area contributed by atoms with E-state index in [0.29, 0.717) is 48.9 Å². The number of fused-ring (bicyclic) bond motifs is 1. The molecule has 2 aromatic rings. The molecular formula is C35H48FN3O8. The Labute approximate surface area is 274 Å². The number of carbonyl (C=O) groups is 4. The first-order valence-corrected chi connectivity index (χ1v) is 16.8. The topological polar surface area (TPSA) is 147 Å². The minimum Gasteiger partial charge on any atom is -0.475 e. The number of nitrogens with zero attached hydrogens (tertiary/aromatic N) is 1. The van der Waals surface area contributed by atoms with Gasteiger partial charge in [0.15, 0.2) is 0 Å². The predicted octanol–water partition coefficient (Wildman–Crippen LogP) is 6.16. The molecule has 3 N–H and O–H groups in total. The number of alkyl carbamates (subject to hydrolysis) is 1. The van der Waals surface area contributed by atoms with Gasteiger partial charge in [-0.25, -0.2) is 14.0 Å². The molecule has 0 radical (unpaired) electrons. The minimum absolute atomic E-state index is 0.00156. The maximum atomic E-state index is 14.1. The van der Waals surface area contributed by atoms with Gasteiger partial charge in [0, 0.05) is 30.6 Å². The van der Waals surface area contributed by atoms with E-state index in [9.17, 15) is 28.7 Å². The number of methoxy groups -OCH3 is 1. The molecule has 2 heterocycles. The Morgan fingerprint density at radius 2 is 1.72 bits per heavy atom. The first kappa shape index (κ1) is 34.7. The molecule has 12 heteroatoms. The number of halogens is 1. The number of hydrogen-bond acceptors (Lipinski definition) is 7. The molecule has 11 nitrogen and oxygen atoms in total. The van der Waals surface area contributed by atoms with Crippen molar-refractivity contribution in [1.82, 2.24) is 10.2 Å². The Balaban J connectivity index is 1.28. The highest BCUT2D eigenvalue weighted by Gasteiger charge is 2.47. The zero-order valence-electron chi connectivity index (χ0n) is 27.8. The van der Waals surface area contributed by atoms with Crippen LogP contribution in [-0.4, -0.2) is 78.0 Å². The third-order valence-corrected chi connectivity index (χ3v) is 10.2. The average Bonchev–Trinajstić information content (AvgIpc) is 3.68. The van der Waals surface area contributed by atoms with Crippen LogP contribution in [-0.2, 0) is 19.1 Å². The number of amides is 3. The zero-order valence-corrected chi connectivity index (χ0v) is 27.8. The van der Waals surface area contributed by atoms with Gasteiger partial charge >= 0.3 is 12.1 Å². The molecule has 0 spiro atoms. The second-order valence-corrected chi connectivity index (χ2v) is 14.4. The van der Waals surface area contributed by atoms with E-state index >= 15 is 0 Å². The Bertz CT molecular complexity index is 1440. The summed E-state index contributed by atoms with van der Waals surface area (Å²) in [6.45, 7) is 5.03. The van der Waals surface area contributed by atoms with Crippen LogP contribution in [0.5, 0.6) is 0 Å². The zero-order chi connectivity index (χ0) is 33.9. The monoisotopic (exact) mass is 657 g/mol. The van der Waals surface area contributed by atoms with Crippen LogP contribution < -0.4 is 10.6 Å². The summed E-state index contributed by atoms with van der Waals surface area (Å²) < 4.78 is 30.3. The lowest BCUT2D eigenvalue weighted by atomic mass is 9.75. The maximum absolute atomic E-state index is 14.1. The van der Waals surface area contributed by atoms with Crippen LogP contribution >= 0.6 is 0 Å². The van der Waals surface area contributed by atoms with Crippen molar-refractivity contribution in [2.24, 2.45) is 23.7 Å². The highest BCUT2D eigenvalue weighted by molar-refractivity contribution is 6.00. The number of aromatic carboxylic acids is 1. The van der Waals surface area contributed by atoms with E-state index in [1.54, 1.807) is 51.0 Å². The summed E-state index contributed by atoms with van der Waals surface area (Å²) in [7, 11) is 1.73. The number of carboxylic acids is 1. The van der Waals surface area contributed by atoms with Crippen LogP contribution in [0.3, 0.4) is 0 Å². The number of rotatable bonds is 9. The Morgan fingerprint density at radius 3 is 2.34 bits per heavy atom. The molecule has 2 saturated carbocycles. The molecule has 1 aromatic carbocycles. The van der Waals surface area contributed by atoms with E-state index in [1.807, 2.05) is 0 Å². The molecule has 1 aliphatic heterocycles. The van der Waals surface area contributed by atoms with E-state index in [4.69, 9.17) is 13.9 Å². The lowest BCUT2D eigenvalue weighted by Gasteiger charge is -2.38. The second kappa shape index (κ2) is 14.6. The predicted molar refractivity (Wildman–Crippen MR) is 173 cm³/mol. The summed E-state index contributed by atoms with van der Waals surface area (Å²) >= 11 is 0. The smallest absolute Gasteiger partial charge is 0.407 e. The van der Waals surface area contributed by atoms with Gasteiger partial charge in [0.1, 0.15) is 23.9 Å². The number of alkyl halides is 1. The molecule has 3 atom stereocenters. The standard InChI is InChI=1S/C35H48FN3O8/c1-35(2,3)47-34(44)38-27(19-36)21-5-7-22(8-6-21)32(41)39-16-15-26(20-9-12-25(45-4)13-10-20)30(39)31(40)37-24-11-14-28-23(17-24)18-29(46-28)33(42)43/h11,14,17-18,20-22,25-27,30H,5-10,12-13,15-16,19H2,1-4H3,(H,37,40)(H,38,44)(H,42,43)/t20?,21?,22?,25?,26-,27?,30-/m0/s1. The van der Waals surface area contributed by atoms with Gasteiger partial charge in [-0.05, 0) is 121 Å². The largest absolute Gasteiger partial charge is 0.475 e. The number of benzene rings is 1. The number of carboxylic acid groups (broad SMARTS) is 1. The van der Waals surface area contributed by atoms with Crippen LogP contribution in [0.2, 0.25) is 0 Å². The minimum atomic E-state index is -1.17. The summed E-state index contributed by atoms with van der Waals surface area (Å²) in [6, 6.07) is 5.06. The van der Waals surface area contributed by atoms with Gasteiger partial charge in [0.25, 0.3) is 0 Å². The lowest BCUT2D eigenvalue weighted by molar-refractivity contribution is -0.142.